The number of fused-ring (bicyclic) bond motifs is 1. The maximum absolute atomic E-state index is 12.7. The van der Waals surface area contributed by atoms with Crippen molar-refractivity contribution in [2.45, 2.75) is 36.3 Å². The van der Waals surface area contributed by atoms with Gasteiger partial charge in [0.25, 0.3) is 0 Å². The van der Waals surface area contributed by atoms with Crippen molar-refractivity contribution >= 4 is 30.6 Å². The van der Waals surface area contributed by atoms with E-state index in [1.54, 1.807) is 51.2 Å². The van der Waals surface area contributed by atoms with E-state index in [0.717, 1.165) is 33.2 Å². The summed E-state index contributed by atoms with van der Waals surface area (Å²) in [5, 5.41) is 4.81. The van der Waals surface area contributed by atoms with Gasteiger partial charge in [0, 0.05) is 29.7 Å². The van der Waals surface area contributed by atoms with Crippen LogP contribution in [0.2, 0.25) is 0 Å². The molecule has 0 aliphatic heterocycles. The van der Waals surface area contributed by atoms with Crippen molar-refractivity contribution in [1.82, 2.24) is 15.1 Å². The number of pyridine rings is 1. The first kappa shape index (κ1) is 27.7. The molecule has 3 aromatic carbocycles. The van der Waals surface area contributed by atoms with E-state index in [0.29, 0.717) is 17.3 Å². The number of aromatic nitrogens is 3. The molecule has 8 nitrogen and oxygen atoms in total. The second-order valence-electron chi connectivity index (χ2n) is 10.5. The summed E-state index contributed by atoms with van der Waals surface area (Å²) >= 11 is 0. The smallest absolute Gasteiger partial charge is 0.238 e. The number of aryl methyl sites for hydroxylation is 1. The minimum Gasteiger partial charge on any atom is -0.338 e. The molecule has 0 aliphatic carbocycles. The van der Waals surface area contributed by atoms with E-state index in [9.17, 15) is 16.8 Å². The Bertz CT molecular complexity index is 1950. The summed E-state index contributed by atoms with van der Waals surface area (Å²) in [4.78, 5) is 9.32. The number of hydrogen-bond acceptors (Lipinski definition) is 8. The fraction of sp³-hybridized carbons (Fsp3) is 0.233. The van der Waals surface area contributed by atoms with Crippen LogP contribution in [-0.4, -0.2) is 44.5 Å². The molecular weight excluding hydrogens is 546 g/mol. The minimum absolute atomic E-state index is 0.216. The number of rotatable bonds is 7. The molecule has 0 N–H and O–H groups in total. The van der Waals surface area contributed by atoms with Crippen molar-refractivity contribution in [2.24, 2.45) is 0 Å². The third-order valence-electron chi connectivity index (χ3n) is 7.29. The third-order valence-corrected chi connectivity index (χ3v) is 10.5. The molecule has 5 rings (SSSR count). The van der Waals surface area contributed by atoms with E-state index in [2.05, 4.69) is 15.1 Å². The van der Waals surface area contributed by atoms with Gasteiger partial charge < -0.3 is 4.52 Å². The molecule has 0 radical (unpaired) electrons. The van der Waals surface area contributed by atoms with Crippen molar-refractivity contribution < 1.29 is 21.4 Å². The fourth-order valence-electron chi connectivity index (χ4n) is 4.68. The Kier molecular flexibility index (Phi) is 6.87. The molecule has 0 bridgehead atoms. The van der Waals surface area contributed by atoms with Gasteiger partial charge in [0.1, 0.15) is 0 Å². The van der Waals surface area contributed by atoms with Crippen LogP contribution in [0.4, 0.5) is 0 Å². The zero-order chi connectivity index (χ0) is 28.9. The van der Waals surface area contributed by atoms with Crippen LogP contribution in [0.1, 0.15) is 48.2 Å². The molecule has 10 heteroatoms. The molecule has 0 amide bonds. The van der Waals surface area contributed by atoms with Crippen molar-refractivity contribution in [1.29, 1.82) is 0 Å². The van der Waals surface area contributed by atoms with Crippen molar-refractivity contribution in [2.75, 3.05) is 12.5 Å². The van der Waals surface area contributed by atoms with Gasteiger partial charge in [-0.2, -0.15) is 4.98 Å². The summed E-state index contributed by atoms with van der Waals surface area (Å²) < 4.78 is 54.0. The van der Waals surface area contributed by atoms with Crippen LogP contribution < -0.4 is 0 Å². The Balaban J connectivity index is 1.71. The molecule has 0 spiro atoms. The molecule has 1 atom stereocenters. The van der Waals surface area contributed by atoms with Gasteiger partial charge >= 0.3 is 0 Å². The lowest BCUT2D eigenvalue weighted by atomic mass is 9.88. The highest BCUT2D eigenvalue weighted by Crippen LogP contribution is 2.38. The number of sulfone groups is 2. The maximum Gasteiger partial charge on any atom is 0.238 e. The number of nitrogens with zero attached hydrogens (tertiary/aromatic N) is 3. The van der Waals surface area contributed by atoms with E-state index in [1.807, 2.05) is 48.5 Å². The van der Waals surface area contributed by atoms with Crippen LogP contribution in [0.25, 0.3) is 22.0 Å². The van der Waals surface area contributed by atoms with E-state index >= 15 is 0 Å². The molecule has 0 aliphatic rings. The van der Waals surface area contributed by atoms with E-state index < -0.39 is 30.3 Å². The quantitative estimate of drug-likeness (QED) is 0.251. The fourth-order valence-corrected chi connectivity index (χ4v) is 5.85. The van der Waals surface area contributed by atoms with Gasteiger partial charge in [0.15, 0.2) is 25.5 Å². The maximum atomic E-state index is 12.7. The molecule has 1 unspecified atom stereocenters. The molecule has 2 heterocycles. The average Bonchev–Trinajstić information content (AvgIpc) is 3.33. The Hall–Kier alpha value is -3.89. The highest BCUT2D eigenvalue weighted by molar-refractivity contribution is 7.91. The normalized spacial score (nSPS) is 13.4. The monoisotopic (exact) mass is 575 g/mol. The molecule has 0 saturated heterocycles. The predicted molar refractivity (Wildman–Crippen MR) is 155 cm³/mol. The van der Waals surface area contributed by atoms with Gasteiger partial charge in [-0.25, -0.2) is 16.8 Å². The second-order valence-corrected chi connectivity index (χ2v) is 15.0. The van der Waals surface area contributed by atoms with Crippen LogP contribution >= 0.6 is 0 Å². The lowest BCUT2D eigenvalue weighted by molar-refractivity contribution is 0.371. The molecule has 206 valence electrons. The first-order valence-corrected chi connectivity index (χ1v) is 16.3. The summed E-state index contributed by atoms with van der Waals surface area (Å²) in [5.41, 5.74) is 4.65. The van der Waals surface area contributed by atoms with Gasteiger partial charge in [-0.3, -0.25) is 4.98 Å². The SMILES string of the molecule is Cc1noc(C(c2ccc(S(C)(=O)=O)cc2)c2cccc(-c3cc(C(C)(C)S(C)(=O)=O)cc4cccnc34)c2)n1. The molecule has 0 fully saturated rings. The second kappa shape index (κ2) is 9.94. The van der Waals surface area contributed by atoms with Gasteiger partial charge in [0.2, 0.25) is 5.89 Å². The molecule has 5 aromatic rings. The Morgan fingerprint density at radius 1 is 0.850 bits per heavy atom. The lowest BCUT2D eigenvalue weighted by Gasteiger charge is -2.24. The zero-order valence-corrected chi connectivity index (χ0v) is 24.4. The third kappa shape index (κ3) is 5.16. The number of benzene rings is 3. The van der Waals surface area contributed by atoms with Crippen LogP contribution in [0.3, 0.4) is 0 Å². The molecular formula is C30H29N3O5S2. The van der Waals surface area contributed by atoms with Crippen molar-refractivity contribution in [3.63, 3.8) is 0 Å². The van der Waals surface area contributed by atoms with Crippen molar-refractivity contribution in [3.8, 4) is 11.1 Å². The first-order valence-electron chi connectivity index (χ1n) is 12.5. The van der Waals surface area contributed by atoms with E-state index in [4.69, 9.17) is 4.52 Å². The van der Waals surface area contributed by atoms with Gasteiger partial charge in [-0.1, -0.05) is 41.6 Å². The standard InChI is InChI=1S/C30H29N3O5S2/c1-19-32-29(38-33-19)27(20-11-13-25(14-12-20)39(4,34)35)22-9-6-8-21(16-22)26-18-24(30(2,3)40(5,36)37)17-23-10-7-15-31-28(23)26/h6-18,27H,1-5H3. The summed E-state index contributed by atoms with van der Waals surface area (Å²) in [6, 6.07) is 22.0. The Labute approximate surface area is 233 Å². The van der Waals surface area contributed by atoms with Crippen LogP contribution in [0.5, 0.6) is 0 Å². The first-order chi connectivity index (χ1) is 18.8. The van der Waals surface area contributed by atoms with Crippen LogP contribution in [0.15, 0.2) is 88.4 Å². The van der Waals surface area contributed by atoms with Crippen molar-refractivity contribution in [3.05, 3.63) is 107 Å². The zero-order valence-electron chi connectivity index (χ0n) is 22.8. The van der Waals surface area contributed by atoms with Gasteiger partial charge in [-0.05, 0) is 79.4 Å². The predicted octanol–water partition coefficient (Wildman–Crippen LogP) is 5.46. The minimum atomic E-state index is -3.42. The molecule has 40 heavy (non-hydrogen) atoms. The Morgan fingerprint density at radius 2 is 1.57 bits per heavy atom. The highest BCUT2D eigenvalue weighted by Gasteiger charge is 2.33. The van der Waals surface area contributed by atoms with Gasteiger partial charge in [-0.15, -0.1) is 0 Å². The average molecular weight is 576 g/mol. The van der Waals surface area contributed by atoms with E-state index in [-0.39, 0.29) is 4.90 Å². The van der Waals surface area contributed by atoms with Crippen LogP contribution in [0, 0.1) is 6.92 Å². The summed E-state index contributed by atoms with van der Waals surface area (Å²) in [7, 11) is -6.78. The number of hydrogen-bond donors (Lipinski definition) is 0. The summed E-state index contributed by atoms with van der Waals surface area (Å²) in [6.45, 7) is 5.14. The van der Waals surface area contributed by atoms with E-state index in [1.165, 1.54) is 12.5 Å². The largest absolute Gasteiger partial charge is 0.338 e. The lowest BCUT2D eigenvalue weighted by Crippen LogP contribution is -2.28. The molecule has 2 aromatic heterocycles. The Morgan fingerprint density at radius 3 is 2.20 bits per heavy atom. The van der Waals surface area contributed by atoms with Gasteiger partial charge in [0.05, 0.1) is 21.1 Å². The highest BCUT2D eigenvalue weighted by atomic mass is 32.2. The molecule has 0 saturated carbocycles. The summed E-state index contributed by atoms with van der Waals surface area (Å²) in [5.74, 6) is 0.385. The van der Waals surface area contributed by atoms with Crippen LogP contribution in [-0.2, 0) is 24.4 Å². The summed E-state index contributed by atoms with van der Waals surface area (Å²) in [6.07, 6.45) is 4.12. The topological polar surface area (TPSA) is 120 Å².